The highest BCUT2D eigenvalue weighted by Gasteiger charge is 2.25. The largest absolute Gasteiger partial charge is 0.308 e. The molecule has 1 heterocycles. The molecule has 0 aliphatic heterocycles. The Morgan fingerprint density at radius 3 is 2.26 bits per heavy atom. The zero-order valence-electron chi connectivity index (χ0n) is 19.6. The van der Waals surface area contributed by atoms with Crippen LogP contribution in [0.15, 0.2) is 77.1 Å². The van der Waals surface area contributed by atoms with Crippen molar-refractivity contribution >= 4 is 71.0 Å². The number of thiazole rings is 1. The molecule has 0 fully saturated rings. The first kappa shape index (κ1) is 29.2. The summed E-state index contributed by atoms with van der Waals surface area (Å²) in [7, 11) is 0.142. The van der Waals surface area contributed by atoms with Gasteiger partial charge in [-0.1, -0.05) is 39.4 Å². The predicted molar refractivity (Wildman–Crippen MR) is 150 cm³/mol. The molecule has 11 heteroatoms. The topological polar surface area (TPSA) is 73.8 Å². The Morgan fingerprint density at radius 1 is 1.06 bits per heavy atom. The monoisotopic (exact) mass is 598 g/mol. The molecule has 0 saturated carbocycles. The van der Waals surface area contributed by atoms with Crippen molar-refractivity contribution in [3.8, 4) is 0 Å². The number of nitrogens with zero attached hydrogens (tertiary/aromatic N) is 4. The summed E-state index contributed by atoms with van der Waals surface area (Å²) in [6.07, 6.45) is 3.05. The molecule has 1 aromatic heterocycles. The van der Waals surface area contributed by atoms with Gasteiger partial charge in [0.2, 0.25) is 10.0 Å². The molecule has 3 rings (SSSR count). The molecule has 188 valence electrons. The minimum Gasteiger partial charge on any atom is -0.308 e. The van der Waals surface area contributed by atoms with Crippen molar-refractivity contribution in [2.45, 2.75) is 4.90 Å². The lowest BCUT2D eigenvalue weighted by atomic mass is 10.2. The average molecular weight is 600 g/mol. The van der Waals surface area contributed by atoms with E-state index in [0.717, 1.165) is 14.7 Å². The molecular formula is C24H28BrClN4O3S2. The number of aromatic nitrogens is 1. The van der Waals surface area contributed by atoms with Crippen LogP contribution in [0.3, 0.4) is 0 Å². The number of benzene rings is 2. The van der Waals surface area contributed by atoms with Crippen LogP contribution in [0, 0.1) is 0 Å². The predicted octanol–water partition coefficient (Wildman–Crippen LogP) is 5.05. The third-order valence-corrected chi connectivity index (χ3v) is 8.37. The maximum Gasteiger partial charge on any atom is 0.260 e. The molecular weight excluding hydrogens is 572 g/mol. The molecule has 0 radical (unpaired) electrons. The van der Waals surface area contributed by atoms with Gasteiger partial charge in [0.1, 0.15) is 0 Å². The van der Waals surface area contributed by atoms with E-state index in [-0.39, 0.29) is 36.3 Å². The first-order chi connectivity index (χ1) is 16.2. The van der Waals surface area contributed by atoms with Crippen molar-refractivity contribution < 1.29 is 13.2 Å². The van der Waals surface area contributed by atoms with Crippen molar-refractivity contribution in [1.29, 1.82) is 0 Å². The van der Waals surface area contributed by atoms with Crippen molar-refractivity contribution in [3.05, 3.63) is 77.8 Å². The average Bonchev–Trinajstić information content (AvgIpc) is 3.21. The van der Waals surface area contributed by atoms with Gasteiger partial charge >= 0.3 is 0 Å². The lowest BCUT2D eigenvalue weighted by Crippen LogP contribution is -2.36. The lowest BCUT2D eigenvalue weighted by Gasteiger charge is -2.22. The fourth-order valence-corrected chi connectivity index (χ4v) is 6.14. The van der Waals surface area contributed by atoms with Crippen molar-refractivity contribution in [2.24, 2.45) is 0 Å². The fraction of sp³-hybridized carbons (Fsp3) is 0.250. The molecule has 0 unspecified atom stereocenters. The quantitative estimate of drug-likeness (QED) is 0.289. The summed E-state index contributed by atoms with van der Waals surface area (Å²) in [6, 6.07) is 11.8. The molecule has 0 aliphatic carbocycles. The smallest absolute Gasteiger partial charge is 0.260 e. The van der Waals surface area contributed by atoms with Crippen molar-refractivity contribution in [2.75, 3.05) is 45.2 Å². The van der Waals surface area contributed by atoms with Gasteiger partial charge in [-0.05, 0) is 56.6 Å². The first-order valence-electron chi connectivity index (χ1n) is 10.5. The van der Waals surface area contributed by atoms with E-state index in [2.05, 4.69) is 34.1 Å². The molecule has 7 nitrogen and oxygen atoms in total. The second-order valence-electron chi connectivity index (χ2n) is 7.79. The van der Waals surface area contributed by atoms with Crippen LogP contribution in [0.1, 0.15) is 10.4 Å². The molecule has 2 aromatic carbocycles. The number of likely N-dealkylation sites (N-methyl/N-ethyl adjacent to an activating group) is 1. The highest BCUT2D eigenvalue weighted by atomic mass is 79.9. The standard InChI is InChI=1S/C24H27BrN4O3S2.ClH/c1-5-13-28(14-6-2)34(31,32)20-10-7-18(8-11-20)23(30)29(16-15-27(3)4)24-26-21-12-9-19(25)17-22(21)33-24;/h5-12,17H,1-2,13-16H2,3-4H3;1H. The molecule has 1 amide bonds. The lowest BCUT2D eigenvalue weighted by molar-refractivity contribution is 0.0985. The summed E-state index contributed by atoms with van der Waals surface area (Å²) in [5.74, 6) is -0.238. The summed E-state index contributed by atoms with van der Waals surface area (Å²) in [5.41, 5.74) is 1.20. The Bertz CT molecular complexity index is 1280. The van der Waals surface area contributed by atoms with Gasteiger partial charge in [-0.2, -0.15) is 4.31 Å². The summed E-state index contributed by atoms with van der Waals surface area (Å²) >= 11 is 4.92. The molecule has 0 saturated heterocycles. The Hall–Kier alpha value is -2.08. The van der Waals surface area contributed by atoms with Crippen molar-refractivity contribution in [1.82, 2.24) is 14.2 Å². The number of fused-ring (bicyclic) bond motifs is 1. The van der Waals surface area contributed by atoms with E-state index >= 15 is 0 Å². The normalized spacial score (nSPS) is 11.5. The maximum atomic E-state index is 13.5. The van der Waals surface area contributed by atoms with Crippen LogP contribution in [-0.2, 0) is 10.0 Å². The van der Waals surface area contributed by atoms with Gasteiger partial charge in [0.05, 0.1) is 15.1 Å². The minimum absolute atomic E-state index is 0. The number of carbonyl (C=O) groups excluding carboxylic acids is 1. The third kappa shape index (κ3) is 6.99. The van der Waals surface area contributed by atoms with E-state index in [1.807, 2.05) is 37.2 Å². The van der Waals surface area contributed by atoms with E-state index in [1.165, 1.54) is 39.9 Å². The third-order valence-electron chi connectivity index (χ3n) is 4.99. The zero-order chi connectivity index (χ0) is 24.9. The fourth-order valence-electron chi connectivity index (χ4n) is 3.22. The maximum absolute atomic E-state index is 13.5. The highest BCUT2D eigenvalue weighted by Crippen LogP contribution is 2.31. The number of amides is 1. The van der Waals surface area contributed by atoms with Gasteiger partial charge in [-0.3, -0.25) is 9.69 Å². The number of hydrogen-bond donors (Lipinski definition) is 0. The van der Waals surface area contributed by atoms with Crippen LogP contribution in [0.25, 0.3) is 10.2 Å². The number of sulfonamides is 1. The Labute approximate surface area is 225 Å². The molecule has 3 aromatic rings. The van der Waals surface area contributed by atoms with Crippen LogP contribution in [-0.4, -0.2) is 68.8 Å². The van der Waals surface area contributed by atoms with Gasteiger partial charge in [0, 0.05) is 36.2 Å². The number of rotatable bonds is 11. The Morgan fingerprint density at radius 2 is 1.69 bits per heavy atom. The van der Waals surface area contributed by atoms with Crippen molar-refractivity contribution in [3.63, 3.8) is 0 Å². The molecule has 0 spiro atoms. The van der Waals surface area contributed by atoms with Gasteiger partial charge in [-0.25, -0.2) is 13.4 Å². The minimum atomic E-state index is -3.74. The Kier molecular flexibility index (Phi) is 10.6. The zero-order valence-corrected chi connectivity index (χ0v) is 23.6. The number of halogens is 2. The van der Waals surface area contributed by atoms with E-state index in [4.69, 9.17) is 0 Å². The molecule has 0 atom stereocenters. The van der Waals surface area contributed by atoms with E-state index in [9.17, 15) is 13.2 Å². The van der Waals surface area contributed by atoms with E-state index in [1.54, 1.807) is 17.0 Å². The van der Waals surface area contributed by atoms with Gasteiger partial charge < -0.3 is 4.90 Å². The second kappa shape index (κ2) is 12.8. The van der Waals surface area contributed by atoms with Crippen LogP contribution in [0.5, 0.6) is 0 Å². The number of anilines is 1. The summed E-state index contributed by atoms with van der Waals surface area (Å²) < 4.78 is 29.1. The Balaban J connectivity index is 0.00000432. The number of carbonyl (C=O) groups is 1. The summed E-state index contributed by atoms with van der Waals surface area (Å²) in [6.45, 7) is 8.68. The van der Waals surface area contributed by atoms with Crippen LogP contribution in [0.2, 0.25) is 0 Å². The van der Waals surface area contributed by atoms with Gasteiger partial charge in [0.25, 0.3) is 5.91 Å². The van der Waals surface area contributed by atoms with E-state index < -0.39 is 10.0 Å². The molecule has 0 aliphatic rings. The van der Waals surface area contributed by atoms with Crippen LogP contribution in [0.4, 0.5) is 5.13 Å². The first-order valence-corrected chi connectivity index (χ1v) is 13.6. The highest BCUT2D eigenvalue weighted by molar-refractivity contribution is 9.10. The second-order valence-corrected chi connectivity index (χ2v) is 11.7. The SMILES string of the molecule is C=CCN(CC=C)S(=O)(=O)c1ccc(C(=O)N(CCN(C)C)c2nc3ccc(Br)cc3s2)cc1.Cl. The summed E-state index contributed by atoms with van der Waals surface area (Å²) in [5, 5.41) is 0.597. The van der Waals surface area contributed by atoms with Gasteiger partial charge in [0.15, 0.2) is 5.13 Å². The molecule has 0 N–H and O–H groups in total. The molecule has 35 heavy (non-hydrogen) atoms. The molecule has 0 bridgehead atoms. The van der Waals surface area contributed by atoms with E-state index in [0.29, 0.717) is 23.8 Å². The summed E-state index contributed by atoms with van der Waals surface area (Å²) in [4.78, 5) is 21.9. The van der Waals surface area contributed by atoms with Crippen LogP contribution >= 0.6 is 39.7 Å². The van der Waals surface area contributed by atoms with Crippen LogP contribution < -0.4 is 4.90 Å². The number of hydrogen-bond acceptors (Lipinski definition) is 6. The van der Waals surface area contributed by atoms with Gasteiger partial charge in [-0.15, -0.1) is 25.6 Å².